The molecule has 0 unspecified atom stereocenters. The van der Waals surface area contributed by atoms with Gasteiger partial charge in [0.1, 0.15) is 0 Å². The van der Waals surface area contributed by atoms with Crippen LogP contribution in [0, 0.1) is 17.8 Å². The predicted octanol–water partition coefficient (Wildman–Crippen LogP) is 4.26. The molecule has 146 valence electrons. The molecule has 0 aromatic rings. The van der Waals surface area contributed by atoms with Crippen molar-refractivity contribution in [3.63, 3.8) is 0 Å². The van der Waals surface area contributed by atoms with Gasteiger partial charge in [0.25, 0.3) is 0 Å². The van der Waals surface area contributed by atoms with E-state index in [0.29, 0.717) is 17.8 Å². The summed E-state index contributed by atoms with van der Waals surface area (Å²) in [5, 5.41) is -5.47. The molecule has 0 saturated heterocycles. The zero-order valence-corrected chi connectivity index (χ0v) is 14.7. The van der Waals surface area contributed by atoms with Gasteiger partial charge in [-0.25, -0.2) is 0 Å². The van der Waals surface area contributed by atoms with E-state index in [0.717, 1.165) is 19.3 Å². The Hall–Kier alpha value is -0.410. The van der Waals surface area contributed by atoms with Crippen LogP contribution in [-0.2, 0) is 14.9 Å². The molecule has 0 atom stereocenters. The maximum Gasteiger partial charge on any atom is 0.431 e. The predicted molar refractivity (Wildman–Crippen MR) is 82.1 cm³/mol. The summed E-state index contributed by atoms with van der Waals surface area (Å²) in [5.74, 6) is -2.75. The van der Waals surface area contributed by atoms with Crippen LogP contribution < -0.4 is 0 Å². The molecular weight excluding hydrogens is 364 g/mol. The summed E-state index contributed by atoms with van der Waals surface area (Å²) in [6.45, 7) is 0.208. The lowest BCUT2D eigenvalue weighted by atomic mass is 9.54. The fourth-order valence-electron chi connectivity index (χ4n) is 5.28. The van der Waals surface area contributed by atoms with Gasteiger partial charge in [-0.3, -0.25) is 4.55 Å². The molecule has 4 bridgehead atoms. The highest BCUT2D eigenvalue weighted by Crippen LogP contribution is 2.57. The zero-order valence-electron chi connectivity index (χ0n) is 13.9. The van der Waals surface area contributed by atoms with Gasteiger partial charge >= 0.3 is 21.3 Å². The van der Waals surface area contributed by atoms with Crippen LogP contribution in [0.4, 0.5) is 17.6 Å². The second-order valence-electron chi connectivity index (χ2n) is 8.10. The van der Waals surface area contributed by atoms with E-state index in [2.05, 4.69) is 0 Å². The smallest absolute Gasteiger partial charge is 0.375 e. The van der Waals surface area contributed by atoms with E-state index >= 15 is 0 Å². The minimum absolute atomic E-state index is 0.152. The maximum absolute atomic E-state index is 13.4. The molecule has 0 amide bonds. The van der Waals surface area contributed by atoms with Crippen LogP contribution in [0.25, 0.3) is 0 Å². The first-order valence-corrected chi connectivity index (χ1v) is 10.2. The minimum Gasteiger partial charge on any atom is -0.375 e. The minimum atomic E-state index is -6.15. The molecule has 9 heteroatoms. The molecule has 0 aliphatic heterocycles. The third-order valence-corrected chi connectivity index (χ3v) is 6.97. The Morgan fingerprint density at radius 1 is 0.960 bits per heavy atom. The Labute approximate surface area is 145 Å². The third-order valence-electron chi connectivity index (χ3n) is 6.03. The highest BCUT2D eigenvalue weighted by atomic mass is 32.2. The van der Waals surface area contributed by atoms with Crippen LogP contribution in [-0.4, -0.2) is 36.4 Å². The summed E-state index contributed by atoms with van der Waals surface area (Å²) in [6, 6.07) is 0. The van der Waals surface area contributed by atoms with Crippen molar-refractivity contribution in [2.24, 2.45) is 17.8 Å². The van der Waals surface area contributed by atoms with Crippen LogP contribution >= 0.6 is 0 Å². The van der Waals surface area contributed by atoms with Crippen LogP contribution in [0.5, 0.6) is 0 Å². The molecule has 0 aromatic heterocycles. The van der Waals surface area contributed by atoms with Crippen LogP contribution in [0.15, 0.2) is 0 Å². The monoisotopic (exact) mass is 388 g/mol. The zero-order chi connectivity index (χ0) is 18.5. The Balaban J connectivity index is 1.45. The Morgan fingerprint density at radius 3 is 1.88 bits per heavy atom. The van der Waals surface area contributed by atoms with Gasteiger partial charge in [-0.05, 0) is 69.1 Å². The van der Waals surface area contributed by atoms with Gasteiger partial charge in [0.2, 0.25) is 0 Å². The van der Waals surface area contributed by atoms with Gasteiger partial charge in [0, 0.05) is 13.0 Å². The fourth-order valence-corrected chi connectivity index (χ4v) is 5.76. The van der Waals surface area contributed by atoms with E-state index in [1.165, 1.54) is 19.3 Å². The lowest BCUT2D eigenvalue weighted by molar-refractivity contribution is -0.171. The summed E-state index contributed by atoms with van der Waals surface area (Å²) in [6.07, 6.45) is 5.27. The third kappa shape index (κ3) is 3.69. The SMILES string of the molecule is O=S(=O)(O)C(F)(F)C(F)(F)CCCCOC12CC3CC(CC(C3)C1)C2. The summed E-state index contributed by atoms with van der Waals surface area (Å²) in [5.41, 5.74) is -0.171. The van der Waals surface area contributed by atoms with Crippen molar-refractivity contribution in [3.8, 4) is 0 Å². The molecule has 4 saturated carbocycles. The molecule has 4 fully saturated rings. The van der Waals surface area contributed by atoms with Crippen LogP contribution in [0.2, 0.25) is 0 Å². The van der Waals surface area contributed by atoms with Crippen LogP contribution in [0.3, 0.4) is 0 Å². The number of hydrogen-bond donors (Lipinski definition) is 1. The number of hydrogen-bond acceptors (Lipinski definition) is 3. The van der Waals surface area contributed by atoms with Crippen LogP contribution in [0.1, 0.15) is 57.8 Å². The van der Waals surface area contributed by atoms with Crippen molar-refractivity contribution in [1.82, 2.24) is 0 Å². The van der Waals surface area contributed by atoms with E-state index in [9.17, 15) is 26.0 Å². The van der Waals surface area contributed by atoms with E-state index in [-0.39, 0.29) is 25.0 Å². The van der Waals surface area contributed by atoms with Crippen molar-refractivity contribution in [1.29, 1.82) is 0 Å². The van der Waals surface area contributed by atoms with Crippen molar-refractivity contribution in [2.75, 3.05) is 6.61 Å². The second-order valence-corrected chi connectivity index (χ2v) is 9.57. The van der Waals surface area contributed by atoms with E-state index in [4.69, 9.17) is 9.29 Å². The van der Waals surface area contributed by atoms with Gasteiger partial charge in [0.15, 0.2) is 0 Å². The number of halogens is 4. The lowest BCUT2D eigenvalue weighted by Crippen LogP contribution is -2.52. The standard InChI is InChI=1S/C16H24F4O4S/c17-15(18,16(19,20)25(21,22)23)3-1-2-4-24-14-8-11-5-12(9-14)7-13(6-11)10-14/h11-13H,1-10H2,(H,21,22,23). The number of ether oxygens (including phenoxy) is 1. The highest BCUT2D eigenvalue weighted by molar-refractivity contribution is 7.87. The Morgan fingerprint density at radius 2 is 1.44 bits per heavy atom. The first kappa shape index (κ1) is 19.4. The molecule has 4 rings (SSSR count). The topological polar surface area (TPSA) is 63.6 Å². The molecule has 0 heterocycles. The highest BCUT2D eigenvalue weighted by Gasteiger charge is 2.64. The van der Waals surface area contributed by atoms with Gasteiger partial charge in [0.05, 0.1) is 5.60 Å². The van der Waals surface area contributed by atoms with E-state index in [1.54, 1.807) is 0 Å². The average molecular weight is 388 g/mol. The number of rotatable bonds is 8. The fraction of sp³-hybridized carbons (Fsp3) is 1.00. The number of alkyl halides is 4. The van der Waals surface area contributed by atoms with Crippen molar-refractivity contribution < 1.29 is 35.3 Å². The van der Waals surface area contributed by atoms with Gasteiger partial charge in [-0.2, -0.15) is 26.0 Å². The van der Waals surface area contributed by atoms with E-state index in [1.807, 2.05) is 0 Å². The molecular formula is C16H24F4O4S. The van der Waals surface area contributed by atoms with Gasteiger partial charge in [-0.1, -0.05) is 0 Å². The number of unbranched alkanes of at least 4 members (excludes halogenated alkanes) is 1. The maximum atomic E-state index is 13.4. The molecule has 1 N–H and O–H groups in total. The summed E-state index contributed by atoms with van der Waals surface area (Å²) >= 11 is 0. The van der Waals surface area contributed by atoms with Gasteiger partial charge < -0.3 is 4.74 Å². The lowest BCUT2D eigenvalue weighted by Gasteiger charge is -2.56. The normalized spacial score (nSPS) is 35.3. The quantitative estimate of drug-likeness (QED) is 0.383. The Bertz CT molecular complexity index is 570. The molecule has 4 aliphatic carbocycles. The second kappa shape index (κ2) is 6.34. The van der Waals surface area contributed by atoms with Crippen molar-refractivity contribution in [3.05, 3.63) is 0 Å². The molecule has 0 spiro atoms. The first-order chi connectivity index (χ1) is 11.4. The van der Waals surface area contributed by atoms with Crippen molar-refractivity contribution >= 4 is 10.1 Å². The summed E-state index contributed by atoms with van der Waals surface area (Å²) in [7, 11) is -6.15. The first-order valence-electron chi connectivity index (χ1n) is 8.81. The van der Waals surface area contributed by atoms with Gasteiger partial charge in [-0.15, -0.1) is 0 Å². The van der Waals surface area contributed by atoms with Crippen molar-refractivity contribution in [2.45, 2.75) is 74.6 Å². The molecule has 4 nitrogen and oxygen atoms in total. The molecule has 4 aliphatic rings. The molecule has 0 aromatic carbocycles. The summed E-state index contributed by atoms with van der Waals surface area (Å²) < 4.78 is 88.2. The largest absolute Gasteiger partial charge is 0.431 e. The Kier molecular flexibility index (Phi) is 4.90. The summed E-state index contributed by atoms with van der Waals surface area (Å²) in [4.78, 5) is 0. The molecule has 25 heavy (non-hydrogen) atoms. The average Bonchev–Trinajstić information content (AvgIpc) is 2.43. The molecule has 0 radical (unpaired) electrons. The van der Waals surface area contributed by atoms with E-state index < -0.39 is 27.7 Å².